The van der Waals surface area contributed by atoms with Gasteiger partial charge in [0, 0.05) is 25.0 Å². The molecule has 3 N–H and O–H groups in total. The van der Waals surface area contributed by atoms with Crippen molar-refractivity contribution in [3.05, 3.63) is 0 Å². The molecule has 1 unspecified atom stereocenters. The molecule has 2 heterocycles. The van der Waals surface area contributed by atoms with E-state index in [0.29, 0.717) is 5.41 Å². The monoisotopic (exact) mass is 197 g/mol. The van der Waals surface area contributed by atoms with Crippen molar-refractivity contribution in [1.82, 2.24) is 10.2 Å². The van der Waals surface area contributed by atoms with Gasteiger partial charge >= 0.3 is 0 Å². The smallest absolute Gasteiger partial charge is 0.236 e. The first-order chi connectivity index (χ1) is 6.76. The van der Waals surface area contributed by atoms with Crippen molar-refractivity contribution < 1.29 is 4.79 Å². The first-order valence-corrected chi connectivity index (χ1v) is 5.44. The minimum Gasteiger partial charge on any atom is -0.341 e. The van der Waals surface area contributed by atoms with E-state index in [1.54, 1.807) is 0 Å². The number of carbonyl (C=O) groups is 1. The Bertz CT molecular complexity index is 223. The van der Waals surface area contributed by atoms with Gasteiger partial charge in [0.2, 0.25) is 5.91 Å². The molecular weight excluding hydrogens is 178 g/mol. The Hall–Kier alpha value is -0.610. The second kappa shape index (κ2) is 3.87. The molecule has 14 heavy (non-hydrogen) atoms. The van der Waals surface area contributed by atoms with Gasteiger partial charge in [0.25, 0.3) is 0 Å². The molecule has 1 amide bonds. The fraction of sp³-hybridized carbons (Fsp3) is 0.900. The number of nitrogens with one attached hydrogen (secondary N) is 1. The molecule has 2 saturated heterocycles. The summed E-state index contributed by atoms with van der Waals surface area (Å²) in [6.07, 6.45) is 3.60. The van der Waals surface area contributed by atoms with E-state index < -0.39 is 0 Å². The molecule has 0 aromatic carbocycles. The van der Waals surface area contributed by atoms with Crippen molar-refractivity contribution in [2.75, 3.05) is 32.7 Å². The topological polar surface area (TPSA) is 58.4 Å². The summed E-state index contributed by atoms with van der Waals surface area (Å²) in [5, 5.41) is 3.39. The lowest BCUT2D eigenvalue weighted by molar-refractivity contribution is -0.132. The average Bonchev–Trinajstić information content (AvgIpc) is 2.65. The molecular formula is C10H19N3O. The lowest BCUT2D eigenvalue weighted by Crippen LogP contribution is -2.48. The molecule has 0 aliphatic carbocycles. The fourth-order valence-corrected chi connectivity index (χ4v) is 2.69. The number of nitrogens with zero attached hydrogens (tertiary/aromatic N) is 1. The van der Waals surface area contributed by atoms with Gasteiger partial charge in [0.05, 0.1) is 6.54 Å². The number of amides is 1. The molecule has 1 atom stereocenters. The minimum absolute atomic E-state index is 0.107. The van der Waals surface area contributed by atoms with E-state index in [0.717, 1.165) is 32.6 Å². The van der Waals surface area contributed by atoms with Crippen LogP contribution in [0, 0.1) is 5.41 Å². The summed E-state index contributed by atoms with van der Waals surface area (Å²) < 4.78 is 0. The zero-order valence-corrected chi connectivity index (χ0v) is 8.59. The Kier molecular flexibility index (Phi) is 2.74. The molecule has 4 heteroatoms. The predicted octanol–water partition coefficient (Wildman–Crippen LogP) is -0.453. The van der Waals surface area contributed by atoms with Gasteiger partial charge in [-0.15, -0.1) is 0 Å². The summed E-state index contributed by atoms with van der Waals surface area (Å²) in [6, 6.07) is 0. The van der Waals surface area contributed by atoms with E-state index in [9.17, 15) is 4.79 Å². The molecule has 0 radical (unpaired) electrons. The quantitative estimate of drug-likeness (QED) is 0.598. The molecule has 80 valence electrons. The Morgan fingerprint density at radius 2 is 2.36 bits per heavy atom. The summed E-state index contributed by atoms with van der Waals surface area (Å²) in [5.41, 5.74) is 5.75. The van der Waals surface area contributed by atoms with Crippen LogP contribution >= 0.6 is 0 Å². The van der Waals surface area contributed by atoms with Crippen molar-refractivity contribution in [2.24, 2.45) is 11.1 Å². The van der Waals surface area contributed by atoms with Gasteiger partial charge in [-0.1, -0.05) is 0 Å². The van der Waals surface area contributed by atoms with Crippen LogP contribution in [-0.4, -0.2) is 43.5 Å². The molecule has 0 aromatic heterocycles. The maximum atomic E-state index is 11.5. The highest BCUT2D eigenvalue weighted by molar-refractivity contribution is 5.78. The Morgan fingerprint density at radius 3 is 3.00 bits per heavy atom. The van der Waals surface area contributed by atoms with Gasteiger partial charge < -0.3 is 16.0 Å². The summed E-state index contributed by atoms with van der Waals surface area (Å²) in [7, 11) is 0. The van der Waals surface area contributed by atoms with E-state index in [1.165, 1.54) is 12.8 Å². The van der Waals surface area contributed by atoms with Crippen molar-refractivity contribution in [1.29, 1.82) is 0 Å². The molecule has 2 rings (SSSR count). The SMILES string of the molecule is NCC(=O)N1CCCC2(CCNC2)C1. The van der Waals surface area contributed by atoms with Crippen LogP contribution in [0.1, 0.15) is 19.3 Å². The number of hydrogen-bond acceptors (Lipinski definition) is 3. The fourth-order valence-electron chi connectivity index (χ4n) is 2.69. The lowest BCUT2D eigenvalue weighted by atomic mass is 9.79. The van der Waals surface area contributed by atoms with E-state index >= 15 is 0 Å². The van der Waals surface area contributed by atoms with Crippen LogP contribution in [0.25, 0.3) is 0 Å². The Labute approximate surface area is 84.8 Å². The Balaban J connectivity index is 1.99. The van der Waals surface area contributed by atoms with Crippen LogP contribution in [0.2, 0.25) is 0 Å². The molecule has 0 aromatic rings. The zero-order valence-electron chi connectivity index (χ0n) is 8.59. The van der Waals surface area contributed by atoms with Crippen molar-refractivity contribution in [3.63, 3.8) is 0 Å². The number of piperidine rings is 1. The largest absolute Gasteiger partial charge is 0.341 e. The third-order valence-corrected chi connectivity index (χ3v) is 3.52. The Morgan fingerprint density at radius 1 is 1.50 bits per heavy atom. The number of rotatable bonds is 1. The van der Waals surface area contributed by atoms with Gasteiger partial charge in [-0.25, -0.2) is 0 Å². The summed E-state index contributed by atoms with van der Waals surface area (Å²) in [4.78, 5) is 13.4. The van der Waals surface area contributed by atoms with Crippen LogP contribution in [0.5, 0.6) is 0 Å². The van der Waals surface area contributed by atoms with E-state index in [4.69, 9.17) is 5.73 Å². The van der Waals surface area contributed by atoms with Crippen molar-refractivity contribution >= 4 is 5.91 Å². The van der Waals surface area contributed by atoms with Crippen LogP contribution in [0.3, 0.4) is 0 Å². The highest BCUT2D eigenvalue weighted by Gasteiger charge is 2.38. The van der Waals surface area contributed by atoms with Gasteiger partial charge in [-0.05, 0) is 25.8 Å². The first kappa shape index (κ1) is 9.93. The number of carbonyl (C=O) groups excluding carboxylic acids is 1. The van der Waals surface area contributed by atoms with Crippen LogP contribution in [0.4, 0.5) is 0 Å². The molecule has 2 fully saturated rings. The zero-order chi connectivity index (χ0) is 10.0. The first-order valence-electron chi connectivity index (χ1n) is 5.44. The summed E-state index contributed by atoms with van der Waals surface area (Å²) >= 11 is 0. The molecule has 4 nitrogen and oxygen atoms in total. The number of likely N-dealkylation sites (tertiary alicyclic amines) is 1. The minimum atomic E-state index is 0.107. The number of hydrogen-bond donors (Lipinski definition) is 2. The highest BCUT2D eigenvalue weighted by atomic mass is 16.2. The predicted molar refractivity (Wildman–Crippen MR) is 54.8 cm³/mol. The average molecular weight is 197 g/mol. The summed E-state index contributed by atoms with van der Waals surface area (Å²) in [5.74, 6) is 0.107. The van der Waals surface area contributed by atoms with Gasteiger partial charge in [0.15, 0.2) is 0 Å². The third kappa shape index (κ3) is 1.77. The second-order valence-corrected chi connectivity index (χ2v) is 4.55. The van der Waals surface area contributed by atoms with E-state index in [2.05, 4.69) is 5.32 Å². The molecule has 0 saturated carbocycles. The second-order valence-electron chi connectivity index (χ2n) is 4.55. The van der Waals surface area contributed by atoms with Crippen LogP contribution < -0.4 is 11.1 Å². The maximum absolute atomic E-state index is 11.5. The standard InChI is InChI=1S/C10H19N3O/c11-6-9(14)13-5-1-2-10(8-13)3-4-12-7-10/h12H,1-8,11H2. The van der Waals surface area contributed by atoms with Gasteiger partial charge in [-0.2, -0.15) is 0 Å². The van der Waals surface area contributed by atoms with Gasteiger partial charge in [0.1, 0.15) is 0 Å². The third-order valence-electron chi connectivity index (χ3n) is 3.52. The van der Waals surface area contributed by atoms with E-state index in [-0.39, 0.29) is 12.5 Å². The molecule has 2 aliphatic heterocycles. The number of nitrogens with two attached hydrogens (primary N) is 1. The summed E-state index contributed by atoms with van der Waals surface area (Å²) in [6.45, 7) is 4.14. The molecule has 1 spiro atoms. The lowest BCUT2D eigenvalue weighted by Gasteiger charge is -2.39. The van der Waals surface area contributed by atoms with Crippen molar-refractivity contribution in [3.8, 4) is 0 Å². The molecule has 2 aliphatic rings. The van der Waals surface area contributed by atoms with Gasteiger partial charge in [-0.3, -0.25) is 4.79 Å². The van der Waals surface area contributed by atoms with Crippen molar-refractivity contribution in [2.45, 2.75) is 19.3 Å². The van der Waals surface area contributed by atoms with Crippen LogP contribution in [-0.2, 0) is 4.79 Å². The van der Waals surface area contributed by atoms with Crippen LogP contribution in [0.15, 0.2) is 0 Å². The normalized spacial score (nSPS) is 32.5. The van der Waals surface area contributed by atoms with E-state index in [1.807, 2.05) is 4.90 Å². The molecule has 0 bridgehead atoms. The highest BCUT2D eigenvalue weighted by Crippen LogP contribution is 2.35. The maximum Gasteiger partial charge on any atom is 0.236 e.